The number of thiophene rings is 1. The zero-order chi connectivity index (χ0) is 16.4. The van der Waals surface area contributed by atoms with Gasteiger partial charge in [0.05, 0.1) is 10.6 Å². The third-order valence-corrected chi connectivity index (χ3v) is 5.49. The highest BCUT2D eigenvalue weighted by atomic mass is 32.1. The molecule has 0 aromatic carbocycles. The van der Waals surface area contributed by atoms with Crippen LogP contribution in [0.2, 0.25) is 0 Å². The van der Waals surface area contributed by atoms with Crippen LogP contribution in [0.1, 0.15) is 39.2 Å². The third kappa shape index (κ3) is 3.33. The Balaban J connectivity index is 1.59. The second kappa shape index (κ2) is 6.84. The number of carbonyl (C=O) groups is 1. The molecule has 3 rings (SSSR count). The predicted molar refractivity (Wildman–Crippen MR) is 90.9 cm³/mol. The van der Waals surface area contributed by atoms with Crippen molar-refractivity contribution < 1.29 is 9.32 Å². The van der Waals surface area contributed by atoms with Crippen molar-refractivity contribution in [2.24, 2.45) is 0 Å². The number of nitrogens with zero attached hydrogens (tertiary/aromatic N) is 3. The molecule has 0 radical (unpaired) electrons. The predicted octanol–water partition coefficient (Wildman–Crippen LogP) is 2.87. The number of hydrogen-bond donors (Lipinski definition) is 0. The first-order chi connectivity index (χ1) is 11.1. The van der Waals surface area contributed by atoms with Crippen molar-refractivity contribution in [2.45, 2.75) is 33.7 Å². The molecule has 0 unspecified atom stereocenters. The van der Waals surface area contributed by atoms with Crippen molar-refractivity contribution in [1.82, 2.24) is 15.0 Å². The van der Waals surface area contributed by atoms with Crippen LogP contribution in [0.15, 0.2) is 16.0 Å². The van der Waals surface area contributed by atoms with E-state index in [4.69, 9.17) is 4.52 Å². The van der Waals surface area contributed by atoms with Crippen LogP contribution in [-0.4, -0.2) is 47.0 Å². The number of carbonyl (C=O) groups excluding carboxylic acids is 1. The smallest absolute Gasteiger partial charge is 0.264 e. The van der Waals surface area contributed by atoms with Crippen LogP contribution in [0.4, 0.5) is 0 Å². The first-order valence-electron chi connectivity index (χ1n) is 8.10. The SMILES string of the molecule is CCc1ccsc1C(=O)N1CCN(Cc2c(C)noc2C)CC1. The van der Waals surface area contributed by atoms with Gasteiger partial charge in [0.1, 0.15) is 5.76 Å². The maximum Gasteiger partial charge on any atom is 0.264 e. The van der Waals surface area contributed by atoms with Crippen molar-refractivity contribution in [2.75, 3.05) is 26.2 Å². The summed E-state index contributed by atoms with van der Waals surface area (Å²) in [7, 11) is 0. The number of amides is 1. The Bertz CT molecular complexity index is 664. The highest BCUT2D eigenvalue weighted by Gasteiger charge is 2.25. The Morgan fingerprint density at radius 3 is 2.65 bits per heavy atom. The minimum absolute atomic E-state index is 0.189. The highest BCUT2D eigenvalue weighted by molar-refractivity contribution is 7.12. The molecule has 0 aliphatic carbocycles. The van der Waals surface area contributed by atoms with E-state index in [2.05, 4.69) is 23.0 Å². The summed E-state index contributed by atoms with van der Waals surface area (Å²) in [5.74, 6) is 1.08. The third-order valence-electron chi connectivity index (χ3n) is 4.54. The molecule has 0 atom stereocenters. The molecule has 1 aliphatic heterocycles. The average Bonchev–Trinajstić information content (AvgIpc) is 3.16. The molecule has 6 heteroatoms. The molecule has 3 heterocycles. The summed E-state index contributed by atoms with van der Waals surface area (Å²) in [6, 6.07) is 2.06. The number of aryl methyl sites for hydroxylation is 3. The van der Waals surface area contributed by atoms with Gasteiger partial charge in [0, 0.05) is 38.3 Å². The molecule has 1 aliphatic rings. The summed E-state index contributed by atoms with van der Waals surface area (Å²) in [5.41, 5.74) is 3.31. The van der Waals surface area contributed by atoms with E-state index in [1.807, 2.05) is 24.1 Å². The van der Waals surface area contributed by atoms with Crippen LogP contribution in [-0.2, 0) is 13.0 Å². The second-order valence-electron chi connectivity index (χ2n) is 6.00. The van der Waals surface area contributed by atoms with Gasteiger partial charge in [-0.25, -0.2) is 0 Å². The van der Waals surface area contributed by atoms with Gasteiger partial charge in [-0.15, -0.1) is 11.3 Å². The molecular weight excluding hydrogens is 310 g/mol. The second-order valence-corrected chi connectivity index (χ2v) is 6.92. The van der Waals surface area contributed by atoms with Gasteiger partial charge in [-0.2, -0.15) is 0 Å². The maximum absolute atomic E-state index is 12.7. The van der Waals surface area contributed by atoms with Crippen LogP contribution >= 0.6 is 11.3 Å². The Morgan fingerprint density at radius 1 is 1.30 bits per heavy atom. The largest absolute Gasteiger partial charge is 0.361 e. The number of aromatic nitrogens is 1. The molecule has 0 N–H and O–H groups in total. The number of piperazine rings is 1. The summed E-state index contributed by atoms with van der Waals surface area (Å²) < 4.78 is 5.23. The fourth-order valence-electron chi connectivity index (χ4n) is 3.01. The Hall–Kier alpha value is -1.66. The molecule has 0 bridgehead atoms. The van der Waals surface area contributed by atoms with E-state index < -0.39 is 0 Å². The normalized spacial score (nSPS) is 16.0. The van der Waals surface area contributed by atoms with Crippen molar-refractivity contribution in [3.63, 3.8) is 0 Å². The highest BCUT2D eigenvalue weighted by Crippen LogP contribution is 2.21. The van der Waals surface area contributed by atoms with Crippen LogP contribution in [0.25, 0.3) is 0 Å². The lowest BCUT2D eigenvalue weighted by atomic mass is 10.1. The maximum atomic E-state index is 12.7. The zero-order valence-corrected chi connectivity index (χ0v) is 14.8. The first-order valence-corrected chi connectivity index (χ1v) is 8.97. The molecule has 0 spiro atoms. The lowest BCUT2D eigenvalue weighted by Gasteiger charge is -2.34. The van der Waals surface area contributed by atoms with E-state index in [1.54, 1.807) is 11.3 Å². The van der Waals surface area contributed by atoms with E-state index in [1.165, 1.54) is 5.56 Å². The fraction of sp³-hybridized carbons (Fsp3) is 0.529. The van der Waals surface area contributed by atoms with Gasteiger partial charge in [0.25, 0.3) is 5.91 Å². The van der Waals surface area contributed by atoms with Crippen molar-refractivity contribution >= 4 is 17.2 Å². The average molecular weight is 333 g/mol. The Morgan fingerprint density at radius 2 is 2.04 bits per heavy atom. The van der Waals surface area contributed by atoms with Crippen LogP contribution in [0.3, 0.4) is 0 Å². The van der Waals surface area contributed by atoms with Gasteiger partial charge >= 0.3 is 0 Å². The molecule has 1 amide bonds. The molecule has 1 fully saturated rings. The van der Waals surface area contributed by atoms with Crippen LogP contribution in [0, 0.1) is 13.8 Å². The van der Waals surface area contributed by atoms with E-state index in [9.17, 15) is 4.79 Å². The van der Waals surface area contributed by atoms with Crippen LogP contribution in [0.5, 0.6) is 0 Å². The minimum atomic E-state index is 0.189. The molecule has 5 nitrogen and oxygen atoms in total. The van der Waals surface area contributed by atoms with Crippen molar-refractivity contribution in [3.8, 4) is 0 Å². The molecule has 124 valence electrons. The van der Waals surface area contributed by atoms with Gasteiger partial charge in [0.15, 0.2) is 0 Å². The van der Waals surface area contributed by atoms with Gasteiger partial charge < -0.3 is 9.42 Å². The van der Waals surface area contributed by atoms with E-state index >= 15 is 0 Å². The van der Waals surface area contributed by atoms with E-state index in [0.29, 0.717) is 0 Å². The zero-order valence-electron chi connectivity index (χ0n) is 14.0. The lowest BCUT2D eigenvalue weighted by molar-refractivity contribution is 0.0631. The standard InChI is InChI=1S/C17H23N3O2S/c1-4-14-5-10-23-16(14)17(21)20-8-6-19(7-9-20)11-15-12(2)18-22-13(15)3/h5,10H,4,6-9,11H2,1-3H3. The molecular formula is C17H23N3O2S. The topological polar surface area (TPSA) is 49.6 Å². The number of hydrogen-bond acceptors (Lipinski definition) is 5. The summed E-state index contributed by atoms with van der Waals surface area (Å²) in [5, 5.41) is 6.03. The number of rotatable bonds is 4. The summed E-state index contributed by atoms with van der Waals surface area (Å²) in [6.45, 7) is 10.2. The van der Waals surface area contributed by atoms with Gasteiger partial charge in [-0.1, -0.05) is 12.1 Å². The van der Waals surface area contributed by atoms with Gasteiger partial charge in [-0.3, -0.25) is 9.69 Å². The van der Waals surface area contributed by atoms with E-state index in [-0.39, 0.29) is 5.91 Å². The van der Waals surface area contributed by atoms with Crippen LogP contribution < -0.4 is 0 Å². The Kier molecular flexibility index (Phi) is 4.82. The molecule has 0 saturated carbocycles. The quantitative estimate of drug-likeness (QED) is 0.863. The van der Waals surface area contributed by atoms with E-state index in [0.717, 1.165) is 61.0 Å². The van der Waals surface area contributed by atoms with Gasteiger partial charge in [-0.05, 0) is 37.3 Å². The molecule has 2 aromatic heterocycles. The summed E-state index contributed by atoms with van der Waals surface area (Å²) in [6.07, 6.45) is 0.913. The monoisotopic (exact) mass is 333 g/mol. The van der Waals surface area contributed by atoms with Crippen molar-refractivity contribution in [3.05, 3.63) is 38.9 Å². The molecule has 2 aromatic rings. The minimum Gasteiger partial charge on any atom is -0.361 e. The van der Waals surface area contributed by atoms with Gasteiger partial charge in [0.2, 0.25) is 0 Å². The Labute approximate surface area is 140 Å². The molecule has 23 heavy (non-hydrogen) atoms. The first kappa shape index (κ1) is 16.2. The fourth-order valence-corrected chi connectivity index (χ4v) is 3.97. The van der Waals surface area contributed by atoms with Crippen molar-refractivity contribution in [1.29, 1.82) is 0 Å². The summed E-state index contributed by atoms with van der Waals surface area (Å²) >= 11 is 1.56. The summed E-state index contributed by atoms with van der Waals surface area (Å²) in [4.78, 5) is 17.9. The lowest BCUT2D eigenvalue weighted by Crippen LogP contribution is -2.48. The molecule has 1 saturated heterocycles.